The summed E-state index contributed by atoms with van der Waals surface area (Å²) in [6.45, 7) is 4.29. The molecule has 128 valence electrons. The number of amides is 2. The van der Waals surface area contributed by atoms with Gasteiger partial charge in [-0.2, -0.15) is 4.98 Å². The van der Waals surface area contributed by atoms with Crippen LogP contribution < -0.4 is 5.32 Å². The number of nitrogens with zero attached hydrogens (tertiary/aromatic N) is 3. The van der Waals surface area contributed by atoms with Gasteiger partial charge in [0.15, 0.2) is 5.82 Å². The van der Waals surface area contributed by atoms with Gasteiger partial charge in [0.2, 0.25) is 5.89 Å². The van der Waals surface area contributed by atoms with E-state index in [9.17, 15) is 4.79 Å². The van der Waals surface area contributed by atoms with Gasteiger partial charge in [0.1, 0.15) is 0 Å². The molecule has 3 rings (SSSR count). The van der Waals surface area contributed by atoms with E-state index >= 15 is 0 Å². The Kier molecular flexibility index (Phi) is 5.18. The number of rotatable bonds is 4. The molecule has 1 saturated carbocycles. The highest BCUT2D eigenvalue weighted by molar-refractivity contribution is 5.74. The number of carbonyl (C=O) groups excluding carboxylic acids is 1. The quantitative estimate of drug-likeness (QED) is 0.866. The van der Waals surface area contributed by atoms with Crippen LogP contribution in [-0.4, -0.2) is 40.7 Å². The maximum Gasteiger partial charge on any atom is 0.317 e. The van der Waals surface area contributed by atoms with Crippen molar-refractivity contribution in [2.24, 2.45) is 5.41 Å². The van der Waals surface area contributed by atoms with Crippen molar-refractivity contribution in [2.45, 2.75) is 64.7 Å². The predicted molar refractivity (Wildman–Crippen MR) is 87.1 cm³/mol. The first-order valence-electron chi connectivity index (χ1n) is 8.99. The Morgan fingerprint density at radius 1 is 1.22 bits per heavy atom. The molecule has 1 aliphatic heterocycles. The van der Waals surface area contributed by atoms with Gasteiger partial charge in [0.05, 0.1) is 0 Å². The number of nitrogens with one attached hydrogen (secondary N) is 1. The lowest BCUT2D eigenvalue weighted by Gasteiger charge is -2.44. The molecule has 0 radical (unpaired) electrons. The molecule has 1 aromatic heterocycles. The molecule has 2 heterocycles. The highest BCUT2D eigenvalue weighted by atomic mass is 16.5. The molecule has 0 atom stereocenters. The van der Waals surface area contributed by atoms with Gasteiger partial charge >= 0.3 is 6.03 Å². The van der Waals surface area contributed by atoms with E-state index in [-0.39, 0.29) is 6.03 Å². The van der Waals surface area contributed by atoms with E-state index in [0.29, 0.717) is 30.1 Å². The Balaban J connectivity index is 1.34. The largest absolute Gasteiger partial charge is 0.339 e. The van der Waals surface area contributed by atoms with E-state index in [1.165, 1.54) is 44.9 Å². The predicted octanol–water partition coefficient (Wildman–Crippen LogP) is 3.07. The summed E-state index contributed by atoms with van der Waals surface area (Å²) in [6.07, 6.45) is 10.8. The van der Waals surface area contributed by atoms with Crippen molar-refractivity contribution in [3.8, 4) is 0 Å². The molecule has 1 spiro atoms. The lowest BCUT2D eigenvalue weighted by Crippen LogP contribution is -2.48. The maximum absolute atomic E-state index is 12.2. The van der Waals surface area contributed by atoms with Crippen molar-refractivity contribution < 1.29 is 9.32 Å². The Bertz CT molecular complexity index is 512. The Morgan fingerprint density at radius 3 is 2.61 bits per heavy atom. The number of hydrogen-bond donors (Lipinski definition) is 1. The molecule has 0 aromatic carbocycles. The van der Waals surface area contributed by atoms with Crippen LogP contribution in [0.2, 0.25) is 0 Å². The highest BCUT2D eigenvalue weighted by Crippen LogP contribution is 2.44. The molecular weight excluding hydrogens is 292 g/mol. The number of aryl methyl sites for hydroxylation is 2. The molecule has 2 amide bonds. The summed E-state index contributed by atoms with van der Waals surface area (Å²) in [5, 5.41) is 6.78. The molecular formula is C17H28N4O2. The Hall–Kier alpha value is -1.59. The first-order chi connectivity index (χ1) is 11.2. The fraction of sp³-hybridized carbons (Fsp3) is 0.824. The van der Waals surface area contributed by atoms with Gasteiger partial charge in [-0.1, -0.05) is 24.4 Å². The monoisotopic (exact) mass is 320 g/mol. The molecule has 0 unspecified atom stereocenters. The SMILES string of the molecule is Cc1noc(CCCNC(=O)N2CCC3(CCCCC3)CC2)n1. The Morgan fingerprint density at radius 2 is 1.96 bits per heavy atom. The fourth-order valence-electron chi connectivity index (χ4n) is 3.97. The summed E-state index contributed by atoms with van der Waals surface area (Å²) in [7, 11) is 0. The Labute approximate surface area is 138 Å². The van der Waals surface area contributed by atoms with Crippen LogP contribution in [-0.2, 0) is 6.42 Å². The average molecular weight is 320 g/mol. The van der Waals surface area contributed by atoms with Gasteiger partial charge in [-0.25, -0.2) is 4.79 Å². The van der Waals surface area contributed by atoms with Gasteiger partial charge in [-0.15, -0.1) is 0 Å². The number of likely N-dealkylation sites (tertiary alicyclic amines) is 1. The van der Waals surface area contributed by atoms with Crippen LogP contribution in [0.3, 0.4) is 0 Å². The third-order valence-electron chi connectivity index (χ3n) is 5.44. The molecule has 1 N–H and O–H groups in total. The lowest BCUT2D eigenvalue weighted by molar-refractivity contribution is 0.0812. The standard InChI is InChI=1S/C17H28N4O2/c1-14-19-15(23-20-14)6-5-11-18-16(22)21-12-9-17(10-13-21)7-3-2-4-8-17/h2-13H2,1H3,(H,18,22). The summed E-state index contributed by atoms with van der Waals surface area (Å²) < 4.78 is 5.07. The minimum Gasteiger partial charge on any atom is -0.339 e. The van der Waals surface area contributed by atoms with E-state index < -0.39 is 0 Å². The van der Waals surface area contributed by atoms with E-state index in [0.717, 1.165) is 19.5 Å². The van der Waals surface area contributed by atoms with Crippen LogP contribution in [0.25, 0.3) is 0 Å². The number of hydrogen-bond acceptors (Lipinski definition) is 4. The molecule has 0 bridgehead atoms. The van der Waals surface area contributed by atoms with Crippen LogP contribution in [0.5, 0.6) is 0 Å². The van der Waals surface area contributed by atoms with Crippen LogP contribution >= 0.6 is 0 Å². The van der Waals surface area contributed by atoms with Crippen molar-refractivity contribution in [1.29, 1.82) is 0 Å². The van der Waals surface area contributed by atoms with Gasteiger partial charge in [-0.3, -0.25) is 0 Å². The van der Waals surface area contributed by atoms with Gasteiger partial charge in [0, 0.05) is 26.1 Å². The number of urea groups is 1. The summed E-state index contributed by atoms with van der Waals surface area (Å²) in [5.41, 5.74) is 0.546. The van der Waals surface area contributed by atoms with Crippen molar-refractivity contribution in [3.05, 3.63) is 11.7 Å². The molecule has 2 fully saturated rings. The smallest absolute Gasteiger partial charge is 0.317 e. The third kappa shape index (κ3) is 4.24. The van der Waals surface area contributed by atoms with Crippen molar-refractivity contribution in [3.63, 3.8) is 0 Å². The summed E-state index contributed by atoms with van der Waals surface area (Å²) in [5.74, 6) is 1.31. The first-order valence-corrected chi connectivity index (χ1v) is 8.99. The highest BCUT2D eigenvalue weighted by Gasteiger charge is 2.36. The summed E-state index contributed by atoms with van der Waals surface area (Å²) >= 11 is 0. The molecule has 1 aliphatic carbocycles. The van der Waals surface area contributed by atoms with Crippen LogP contribution in [0, 0.1) is 12.3 Å². The average Bonchev–Trinajstić information content (AvgIpc) is 2.98. The zero-order valence-corrected chi connectivity index (χ0v) is 14.1. The van der Waals surface area contributed by atoms with Crippen LogP contribution in [0.1, 0.15) is 63.1 Å². The van der Waals surface area contributed by atoms with E-state index in [4.69, 9.17) is 4.52 Å². The van der Waals surface area contributed by atoms with Crippen LogP contribution in [0.4, 0.5) is 4.79 Å². The maximum atomic E-state index is 12.2. The van der Waals surface area contributed by atoms with Gasteiger partial charge in [-0.05, 0) is 44.4 Å². The number of aromatic nitrogens is 2. The molecule has 1 saturated heterocycles. The topological polar surface area (TPSA) is 71.3 Å². The summed E-state index contributed by atoms with van der Waals surface area (Å²) in [4.78, 5) is 18.4. The second kappa shape index (κ2) is 7.32. The lowest BCUT2D eigenvalue weighted by atomic mass is 9.68. The normalized spacial score (nSPS) is 20.7. The van der Waals surface area contributed by atoms with Crippen molar-refractivity contribution in [2.75, 3.05) is 19.6 Å². The number of piperidine rings is 1. The molecule has 2 aliphatic rings. The van der Waals surface area contributed by atoms with E-state index in [1.54, 1.807) is 0 Å². The van der Waals surface area contributed by atoms with Gasteiger partial charge < -0.3 is 14.7 Å². The van der Waals surface area contributed by atoms with Crippen LogP contribution in [0.15, 0.2) is 4.52 Å². The molecule has 23 heavy (non-hydrogen) atoms. The zero-order chi connectivity index (χ0) is 16.1. The summed E-state index contributed by atoms with van der Waals surface area (Å²) in [6, 6.07) is 0.0809. The molecule has 1 aromatic rings. The molecule has 6 nitrogen and oxygen atoms in total. The molecule has 6 heteroatoms. The fourth-order valence-corrected chi connectivity index (χ4v) is 3.97. The van der Waals surface area contributed by atoms with Crippen molar-refractivity contribution in [1.82, 2.24) is 20.4 Å². The minimum atomic E-state index is 0.0809. The second-order valence-corrected chi connectivity index (χ2v) is 7.12. The second-order valence-electron chi connectivity index (χ2n) is 7.12. The number of carbonyl (C=O) groups is 1. The third-order valence-corrected chi connectivity index (χ3v) is 5.44. The van der Waals surface area contributed by atoms with Gasteiger partial charge in [0.25, 0.3) is 0 Å². The zero-order valence-electron chi connectivity index (χ0n) is 14.1. The van der Waals surface area contributed by atoms with Crippen molar-refractivity contribution >= 4 is 6.03 Å². The minimum absolute atomic E-state index is 0.0809. The van der Waals surface area contributed by atoms with E-state index in [2.05, 4.69) is 15.5 Å². The van der Waals surface area contributed by atoms with E-state index in [1.807, 2.05) is 11.8 Å². The first kappa shape index (κ1) is 16.3.